The Bertz CT molecular complexity index is 297. The summed E-state index contributed by atoms with van der Waals surface area (Å²) in [5, 5.41) is 0. The molecule has 0 radical (unpaired) electrons. The van der Waals surface area contributed by atoms with Crippen molar-refractivity contribution in [2.75, 3.05) is 80.9 Å². The van der Waals surface area contributed by atoms with Crippen LogP contribution in [0.3, 0.4) is 0 Å². The summed E-state index contributed by atoms with van der Waals surface area (Å²) < 4.78 is 29.0. The molecule has 0 aromatic heterocycles. The summed E-state index contributed by atoms with van der Waals surface area (Å²) in [5.74, 6) is 0.459. The van der Waals surface area contributed by atoms with Gasteiger partial charge in [-0.05, 0) is 28.2 Å². The van der Waals surface area contributed by atoms with Gasteiger partial charge >= 0.3 is 0 Å². The number of hydrogen-bond acceptors (Lipinski definition) is 7. The van der Waals surface area contributed by atoms with Crippen molar-refractivity contribution in [2.24, 2.45) is 11.8 Å². The Morgan fingerprint density at radius 1 is 0.556 bits per heavy atom. The van der Waals surface area contributed by atoms with Crippen LogP contribution in [0.2, 0.25) is 0 Å². The van der Waals surface area contributed by atoms with Crippen molar-refractivity contribution in [3.05, 3.63) is 0 Å². The third kappa shape index (κ3) is 16.4. The van der Waals surface area contributed by atoms with Gasteiger partial charge in [-0.1, -0.05) is 27.7 Å². The molecule has 0 aromatic rings. The van der Waals surface area contributed by atoms with Gasteiger partial charge in [0, 0.05) is 24.9 Å². The number of ether oxygens (including phenoxy) is 5. The molecule has 7 heteroatoms. The lowest BCUT2D eigenvalue weighted by Gasteiger charge is -2.29. The summed E-state index contributed by atoms with van der Waals surface area (Å²) in [6.07, 6.45) is -0.631. The van der Waals surface area contributed by atoms with Crippen LogP contribution in [0.25, 0.3) is 0 Å². The first kappa shape index (κ1) is 26.7. The molecule has 0 saturated heterocycles. The Balaban J connectivity index is 4.11. The average Bonchev–Trinajstić information content (AvgIpc) is 2.56. The van der Waals surface area contributed by atoms with Crippen molar-refractivity contribution in [3.63, 3.8) is 0 Å². The summed E-state index contributed by atoms with van der Waals surface area (Å²) in [6, 6.07) is 0. The second kappa shape index (κ2) is 16.7. The zero-order valence-electron chi connectivity index (χ0n) is 18.9. The monoisotopic (exact) mass is 392 g/mol. The van der Waals surface area contributed by atoms with E-state index >= 15 is 0 Å². The number of rotatable bonds is 18. The maximum Gasteiger partial charge on any atom is 0.163 e. The fourth-order valence-electron chi connectivity index (χ4n) is 2.05. The largest absolute Gasteiger partial charge is 0.378 e. The molecule has 27 heavy (non-hydrogen) atoms. The fraction of sp³-hybridized carbons (Fsp3) is 1.00. The van der Waals surface area contributed by atoms with Gasteiger partial charge in [0.05, 0.1) is 39.6 Å². The first-order chi connectivity index (χ1) is 12.7. The van der Waals surface area contributed by atoms with Crippen LogP contribution in [0.15, 0.2) is 0 Å². The lowest BCUT2D eigenvalue weighted by atomic mass is 10.2. The molecule has 0 aromatic carbocycles. The second-order valence-electron chi connectivity index (χ2n) is 7.93. The average molecular weight is 393 g/mol. The normalized spacial score (nSPS) is 14.7. The Morgan fingerprint density at radius 2 is 0.926 bits per heavy atom. The third-order valence-electron chi connectivity index (χ3n) is 3.74. The van der Waals surface area contributed by atoms with E-state index in [0.717, 1.165) is 13.1 Å². The maximum atomic E-state index is 6.09. The molecule has 0 spiro atoms. The van der Waals surface area contributed by atoms with Gasteiger partial charge in [0.25, 0.3) is 0 Å². The highest BCUT2D eigenvalue weighted by Gasteiger charge is 2.23. The van der Waals surface area contributed by atoms with Gasteiger partial charge in [-0.15, -0.1) is 0 Å². The summed E-state index contributed by atoms with van der Waals surface area (Å²) in [7, 11) is 8.12. The van der Waals surface area contributed by atoms with Gasteiger partial charge in [0.2, 0.25) is 0 Å². The van der Waals surface area contributed by atoms with Crippen LogP contribution in [-0.4, -0.2) is 103 Å². The molecule has 0 aliphatic heterocycles. The molecular formula is C20H44N2O5. The van der Waals surface area contributed by atoms with Gasteiger partial charge in [-0.3, -0.25) is 0 Å². The van der Waals surface area contributed by atoms with Crippen LogP contribution < -0.4 is 0 Å². The summed E-state index contributed by atoms with van der Waals surface area (Å²) in [4.78, 5) is 4.19. The minimum absolute atomic E-state index is 0.230. The molecule has 0 aliphatic carbocycles. The number of likely N-dealkylation sites (N-methyl/N-ethyl adjacent to an activating group) is 2. The second-order valence-corrected chi connectivity index (χ2v) is 7.93. The lowest BCUT2D eigenvalue weighted by Crippen LogP contribution is -2.35. The molecule has 0 rings (SSSR count). The third-order valence-corrected chi connectivity index (χ3v) is 3.74. The number of hydrogen-bond donors (Lipinski definition) is 0. The number of nitrogens with zero attached hydrogens (tertiary/aromatic N) is 2. The van der Waals surface area contributed by atoms with E-state index in [1.54, 1.807) is 0 Å². The van der Waals surface area contributed by atoms with E-state index in [4.69, 9.17) is 23.7 Å². The highest BCUT2D eigenvalue weighted by molar-refractivity contribution is 4.57. The first-order valence-electron chi connectivity index (χ1n) is 10.1. The van der Waals surface area contributed by atoms with Crippen LogP contribution in [0.1, 0.15) is 27.7 Å². The molecule has 0 heterocycles. The van der Waals surface area contributed by atoms with E-state index in [1.807, 2.05) is 28.2 Å². The summed E-state index contributed by atoms with van der Waals surface area (Å²) in [5.41, 5.74) is 0. The standard InChI is InChI=1S/C20H44N2O5/c1-17(2)19(25-15-13-23-11-9-21(5)6)27-20(18(3)4)26-16-14-24-12-10-22(7)8/h17-20H,9-16H2,1-8H3. The van der Waals surface area contributed by atoms with Crippen molar-refractivity contribution >= 4 is 0 Å². The molecule has 0 N–H and O–H groups in total. The summed E-state index contributed by atoms with van der Waals surface area (Å²) >= 11 is 0. The predicted octanol–water partition coefficient (Wildman–Crippen LogP) is 2.16. The van der Waals surface area contributed by atoms with E-state index in [9.17, 15) is 0 Å². The van der Waals surface area contributed by atoms with Crippen LogP contribution in [0.5, 0.6) is 0 Å². The van der Waals surface area contributed by atoms with E-state index in [-0.39, 0.29) is 24.4 Å². The topological polar surface area (TPSA) is 52.6 Å². The molecule has 164 valence electrons. The van der Waals surface area contributed by atoms with Gasteiger partial charge in [-0.25, -0.2) is 0 Å². The van der Waals surface area contributed by atoms with Gasteiger partial charge in [-0.2, -0.15) is 0 Å². The Morgan fingerprint density at radius 3 is 1.22 bits per heavy atom. The van der Waals surface area contributed by atoms with Crippen LogP contribution in [-0.2, 0) is 23.7 Å². The Kier molecular flexibility index (Phi) is 16.5. The van der Waals surface area contributed by atoms with E-state index in [0.29, 0.717) is 39.6 Å². The maximum absolute atomic E-state index is 6.09. The molecule has 0 bridgehead atoms. The Labute approximate surface area is 167 Å². The molecule has 0 amide bonds. The molecular weight excluding hydrogens is 348 g/mol. The molecule has 0 fully saturated rings. The van der Waals surface area contributed by atoms with Gasteiger partial charge < -0.3 is 33.5 Å². The molecule has 0 saturated carbocycles. The smallest absolute Gasteiger partial charge is 0.163 e. The quantitative estimate of drug-likeness (QED) is 0.262. The fourth-order valence-corrected chi connectivity index (χ4v) is 2.05. The van der Waals surface area contributed by atoms with Gasteiger partial charge in [0.1, 0.15) is 0 Å². The molecule has 7 nitrogen and oxygen atoms in total. The SMILES string of the molecule is CC(C)C(OCCOCCN(C)C)OC(OCCOCCN(C)C)C(C)C. The highest BCUT2D eigenvalue weighted by atomic mass is 16.8. The van der Waals surface area contributed by atoms with Crippen molar-refractivity contribution in [2.45, 2.75) is 40.3 Å². The minimum atomic E-state index is -0.315. The van der Waals surface area contributed by atoms with Crippen molar-refractivity contribution in [3.8, 4) is 0 Å². The predicted molar refractivity (Wildman–Crippen MR) is 109 cm³/mol. The van der Waals surface area contributed by atoms with Gasteiger partial charge in [0.15, 0.2) is 12.6 Å². The van der Waals surface area contributed by atoms with Crippen LogP contribution in [0.4, 0.5) is 0 Å². The lowest BCUT2D eigenvalue weighted by molar-refractivity contribution is -0.275. The first-order valence-corrected chi connectivity index (χ1v) is 10.1. The van der Waals surface area contributed by atoms with E-state index < -0.39 is 0 Å². The van der Waals surface area contributed by atoms with E-state index in [1.165, 1.54) is 0 Å². The van der Waals surface area contributed by atoms with Crippen molar-refractivity contribution in [1.29, 1.82) is 0 Å². The summed E-state index contributed by atoms with van der Waals surface area (Å²) in [6.45, 7) is 13.7. The minimum Gasteiger partial charge on any atom is -0.378 e. The van der Waals surface area contributed by atoms with Crippen LogP contribution >= 0.6 is 0 Å². The van der Waals surface area contributed by atoms with Crippen molar-refractivity contribution < 1.29 is 23.7 Å². The zero-order chi connectivity index (χ0) is 20.7. The molecule has 2 unspecified atom stereocenters. The van der Waals surface area contributed by atoms with E-state index in [2.05, 4.69) is 37.5 Å². The zero-order valence-corrected chi connectivity index (χ0v) is 18.9. The molecule has 2 atom stereocenters. The van der Waals surface area contributed by atoms with Crippen molar-refractivity contribution in [1.82, 2.24) is 9.80 Å². The van der Waals surface area contributed by atoms with Crippen LogP contribution in [0, 0.1) is 11.8 Å². The Hall–Kier alpha value is -0.280. The molecule has 0 aliphatic rings. The highest BCUT2D eigenvalue weighted by Crippen LogP contribution is 2.17.